The molecule has 6 nitrogen and oxygen atoms in total. The zero-order valence-electron chi connectivity index (χ0n) is 22.9. The van der Waals surface area contributed by atoms with Crippen LogP contribution < -0.4 is 5.32 Å². The number of likely N-dealkylation sites (tertiary alicyclic amines) is 1. The lowest BCUT2D eigenvalue weighted by Gasteiger charge is -2.53. The lowest BCUT2D eigenvalue weighted by molar-refractivity contribution is -0.159. The highest BCUT2D eigenvalue weighted by Gasteiger charge is 2.44. The number of unbranched alkanes of at least 4 members (excludes halogenated alkanes) is 5. The van der Waals surface area contributed by atoms with E-state index in [1.54, 1.807) is 0 Å². The van der Waals surface area contributed by atoms with Crippen molar-refractivity contribution < 1.29 is 19.1 Å². The SMILES string of the molecule is C=C1CC(OC(=O)CCCCCCCCC(=O)OC2CC(C)(C)N(C)C(C)(C)C2)CC(C)(C)N1. The molecule has 2 aliphatic heterocycles. The molecule has 0 bridgehead atoms. The molecule has 0 saturated carbocycles. The normalized spacial score (nSPS) is 24.3. The Labute approximate surface area is 208 Å². The highest BCUT2D eigenvalue weighted by atomic mass is 16.5. The average molecular weight is 479 g/mol. The van der Waals surface area contributed by atoms with Crippen LogP contribution in [0.15, 0.2) is 12.3 Å². The number of hydrogen-bond acceptors (Lipinski definition) is 6. The maximum absolute atomic E-state index is 12.4. The van der Waals surface area contributed by atoms with Gasteiger partial charge >= 0.3 is 11.9 Å². The average Bonchev–Trinajstić information content (AvgIpc) is 2.66. The summed E-state index contributed by atoms with van der Waals surface area (Å²) in [5.41, 5.74) is 0.917. The summed E-state index contributed by atoms with van der Waals surface area (Å²) in [6.45, 7) is 17.1. The minimum atomic E-state index is -0.0986. The molecule has 2 aliphatic rings. The van der Waals surface area contributed by atoms with Crippen LogP contribution in [0.4, 0.5) is 0 Å². The lowest BCUT2D eigenvalue weighted by Crippen LogP contribution is -2.60. The largest absolute Gasteiger partial charge is 0.462 e. The fourth-order valence-corrected chi connectivity index (χ4v) is 5.68. The van der Waals surface area contributed by atoms with E-state index in [1.807, 2.05) is 0 Å². The van der Waals surface area contributed by atoms with E-state index in [0.29, 0.717) is 19.3 Å². The summed E-state index contributed by atoms with van der Waals surface area (Å²) in [5, 5.41) is 3.35. The number of carbonyl (C=O) groups is 2. The zero-order chi connectivity index (χ0) is 25.6. The van der Waals surface area contributed by atoms with Crippen molar-refractivity contribution in [3.05, 3.63) is 12.3 Å². The van der Waals surface area contributed by atoms with Gasteiger partial charge in [0.2, 0.25) is 0 Å². The molecule has 1 N–H and O–H groups in total. The van der Waals surface area contributed by atoms with Gasteiger partial charge in [0.1, 0.15) is 12.2 Å². The molecular weight excluding hydrogens is 428 g/mol. The number of ether oxygens (including phenoxy) is 2. The molecule has 0 radical (unpaired) electrons. The van der Waals surface area contributed by atoms with Crippen LogP contribution in [0, 0.1) is 0 Å². The van der Waals surface area contributed by atoms with E-state index in [1.165, 1.54) is 0 Å². The van der Waals surface area contributed by atoms with Crippen LogP contribution in [0.3, 0.4) is 0 Å². The molecule has 6 heteroatoms. The van der Waals surface area contributed by atoms with Crippen molar-refractivity contribution >= 4 is 11.9 Å². The molecule has 0 aromatic heterocycles. The summed E-state index contributed by atoms with van der Waals surface area (Å²) in [4.78, 5) is 26.9. The van der Waals surface area contributed by atoms with Gasteiger partial charge in [0, 0.05) is 60.8 Å². The summed E-state index contributed by atoms with van der Waals surface area (Å²) in [7, 11) is 2.16. The molecule has 0 aliphatic carbocycles. The highest BCUT2D eigenvalue weighted by Crippen LogP contribution is 2.38. The summed E-state index contributed by atoms with van der Waals surface area (Å²) in [5.74, 6) is -0.161. The Bertz CT molecular complexity index is 695. The third-order valence-corrected chi connectivity index (χ3v) is 7.61. The fourth-order valence-electron chi connectivity index (χ4n) is 5.68. The van der Waals surface area contributed by atoms with Crippen molar-refractivity contribution in [2.45, 2.75) is 147 Å². The Kier molecular flexibility index (Phi) is 10.1. The first kappa shape index (κ1) is 28.7. The molecule has 2 heterocycles. The number of carbonyl (C=O) groups excluding carboxylic acids is 2. The van der Waals surface area contributed by atoms with Gasteiger partial charge in [-0.2, -0.15) is 0 Å². The molecule has 2 saturated heterocycles. The first-order valence-corrected chi connectivity index (χ1v) is 13.3. The third kappa shape index (κ3) is 9.24. The van der Waals surface area contributed by atoms with Crippen molar-refractivity contribution in [2.75, 3.05) is 7.05 Å². The van der Waals surface area contributed by atoms with E-state index in [2.05, 4.69) is 65.4 Å². The van der Waals surface area contributed by atoms with E-state index in [4.69, 9.17) is 9.47 Å². The molecule has 196 valence electrons. The molecule has 0 aromatic carbocycles. The number of esters is 2. The second kappa shape index (κ2) is 11.9. The van der Waals surface area contributed by atoms with Gasteiger partial charge in [-0.1, -0.05) is 32.3 Å². The first-order chi connectivity index (χ1) is 15.7. The van der Waals surface area contributed by atoms with Gasteiger partial charge in [0.15, 0.2) is 0 Å². The van der Waals surface area contributed by atoms with Crippen LogP contribution in [-0.2, 0) is 19.1 Å². The predicted octanol–water partition coefficient (Wildman–Crippen LogP) is 5.89. The van der Waals surface area contributed by atoms with Gasteiger partial charge in [0.05, 0.1) is 0 Å². The third-order valence-electron chi connectivity index (χ3n) is 7.61. The second-order valence-electron chi connectivity index (χ2n) is 12.5. The molecule has 2 fully saturated rings. The summed E-state index contributed by atoms with van der Waals surface area (Å²) in [6, 6.07) is 0. The Morgan fingerprint density at radius 2 is 1.26 bits per heavy atom. The smallest absolute Gasteiger partial charge is 0.306 e. The van der Waals surface area contributed by atoms with E-state index in [9.17, 15) is 9.59 Å². The summed E-state index contributed by atoms with van der Waals surface area (Å²) >= 11 is 0. The van der Waals surface area contributed by atoms with E-state index < -0.39 is 0 Å². The standard InChI is InChI=1S/C28H50N2O4/c1-21-17-22(18-26(2,3)29-21)33-24(31)15-13-11-9-10-12-14-16-25(32)34-23-19-27(4,5)30(8)28(6,7)20-23/h22-23,29H,1,9-20H2,2-8H3. The minimum Gasteiger partial charge on any atom is -0.462 e. The van der Waals surface area contributed by atoms with Crippen molar-refractivity contribution in [1.29, 1.82) is 0 Å². The molecule has 34 heavy (non-hydrogen) atoms. The van der Waals surface area contributed by atoms with Crippen LogP contribution in [0.5, 0.6) is 0 Å². The maximum Gasteiger partial charge on any atom is 0.306 e. The lowest BCUT2D eigenvalue weighted by atomic mass is 9.79. The summed E-state index contributed by atoms with van der Waals surface area (Å²) in [6.07, 6.45) is 10.1. The number of nitrogens with one attached hydrogen (secondary N) is 1. The van der Waals surface area contributed by atoms with Crippen molar-refractivity contribution in [3.63, 3.8) is 0 Å². The van der Waals surface area contributed by atoms with E-state index in [0.717, 1.165) is 63.5 Å². The van der Waals surface area contributed by atoms with Gasteiger partial charge in [-0.15, -0.1) is 0 Å². The number of piperidine rings is 2. The fraction of sp³-hybridized carbons (Fsp3) is 0.857. The van der Waals surface area contributed by atoms with Crippen molar-refractivity contribution in [1.82, 2.24) is 10.2 Å². The number of hydrogen-bond donors (Lipinski definition) is 1. The molecule has 0 aromatic rings. The van der Waals surface area contributed by atoms with E-state index >= 15 is 0 Å². The molecule has 0 spiro atoms. The van der Waals surface area contributed by atoms with Gasteiger partial charge in [-0.25, -0.2) is 0 Å². The Morgan fingerprint density at radius 1 is 0.824 bits per heavy atom. The predicted molar refractivity (Wildman–Crippen MR) is 137 cm³/mol. The van der Waals surface area contributed by atoms with E-state index in [-0.39, 0.29) is 40.8 Å². The molecular formula is C28H50N2O4. The topological polar surface area (TPSA) is 67.9 Å². The monoisotopic (exact) mass is 478 g/mol. The zero-order valence-corrected chi connectivity index (χ0v) is 22.9. The molecule has 2 rings (SSSR count). The van der Waals surface area contributed by atoms with Crippen LogP contribution >= 0.6 is 0 Å². The molecule has 1 atom stereocenters. The van der Waals surface area contributed by atoms with Gasteiger partial charge in [-0.3, -0.25) is 14.5 Å². The van der Waals surface area contributed by atoms with Crippen LogP contribution in [0.25, 0.3) is 0 Å². The summed E-state index contributed by atoms with van der Waals surface area (Å²) < 4.78 is 11.5. The van der Waals surface area contributed by atoms with Gasteiger partial charge in [0.25, 0.3) is 0 Å². The highest BCUT2D eigenvalue weighted by molar-refractivity contribution is 5.70. The second-order valence-corrected chi connectivity index (χ2v) is 12.5. The van der Waals surface area contributed by atoms with Crippen LogP contribution in [0.1, 0.15) is 119 Å². The van der Waals surface area contributed by atoms with Gasteiger partial charge in [-0.05, 0) is 61.4 Å². The van der Waals surface area contributed by atoms with Gasteiger partial charge < -0.3 is 14.8 Å². The number of nitrogens with zero attached hydrogens (tertiary/aromatic N) is 1. The first-order valence-electron chi connectivity index (χ1n) is 13.3. The van der Waals surface area contributed by atoms with Crippen LogP contribution in [-0.4, -0.2) is 52.7 Å². The van der Waals surface area contributed by atoms with Crippen molar-refractivity contribution in [2.24, 2.45) is 0 Å². The Morgan fingerprint density at radius 3 is 1.74 bits per heavy atom. The Hall–Kier alpha value is -1.56. The quantitative estimate of drug-likeness (QED) is 0.295. The Balaban J connectivity index is 1.51. The maximum atomic E-state index is 12.4. The molecule has 0 amide bonds. The number of rotatable bonds is 11. The minimum absolute atomic E-state index is 0.00229. The molecule has 1 unspecified atom stereocenters. The van der Waals surface area contributed by atoms with Crippen LogP contribution in [0.2, 0.25) is 0 Å². The van der Waals surface area contributed by atoms with Crippen molar-refractivity contribution in [3.8, 4) is 0 Å².